The van der Waals surface area contributed by atoms with Crippen LogP contribution in [-0.2, 0) is 86.3 Å². The van der Waals surface area contributed by atoms with Crippen LogP contribution in [0.1, 0.15) is 198 Å². The van der Waals surface area contributed by atoms with Crippen LogP contribution in [0.15, 0.2) is 60.7 Å². The average molecular weight is 1500 g/mol. The normalized spacial score (nSPS) is 20.9. The second-order valence-corrected chi connectivity index (χ2v) is 27.0. The highest BCUT2D eigenvalue weighted by molar-refractivity contribution is 6.39. The SMILES string of the molecule is CCCC(NC(=O)[C@@H]1CCCCNC(=O)CCC(=O)NCC(=O)N[C@@H](C2CCCCC2)C(=O)N1)C(=O)C(=O)NCC(=O)N[C@H](C(N)=O)c1ccccc1.CCCC(NC(=O)[C@@H]1CCCCNC(=O)CCCC(=O)NCC(=O)N[C@@H](C2CCCCC2)C(=O)N1)C(=O)C(=O)NCC(=O)N[C@H](C(N)=O)c1ccccc1. The number of nitrogens with one attached hydrogen (secondary N) is 14. The molecular formula is C73H106N16O18. The first-order valence-electron chi connectivity index (χ1n) is 37.1. The van der Waals surface area contributed by atoms with Crippen LogP contribution in [0.5, 0.6) is 0 Å². The minimum absolute atomic E-state index is 0.0642. The van der Waals surface area contributed by atoms with Gasteiger partial charge in [-0.25, -0.2) is 0 Å². The van der Waals surface area contributed by atoms with E-state index in [2.05, 4.69) is 74.4 Å². The number of ketones is 2. The van der Waals surface area contributed by atoms with Crippen LogP contribution in [-0.4, -0.2) is 182 Å². The summed E-state index contributed by atoms with van der Waals surface area (Å²) in [5.41, 5.74) is 11.7. The quantitative estimate of drug-likeness (QED) is 0.0531. The molecule has 0 spiro atoms. The van der Waals surface area contributed by atoms with Gasteiger partial charge in [0.1, 0.15) is 36.3 Å². The van der Waals surface area contributed by atoms with Crippen molar-refractivity contribution < 1.29 is 86.3 Å². The van der Waals surface area contributed by atoms with Crippen molar-refractivity contribution in [3.8, 4) is 0 Å². The van der Waals surface area contributed by atoms with Crippen LogP contribution in [0.3, 0.4) is 0 Å². The summed E-state index contributed by atoms with van der Waals surface area (Å²) in [6.45, 7) is 1.98. The molecular weight excluding hydrogens is 1390 g/mol. The minimum Gasteiger partial charge on any atom is -0.368 e. The fourth-order valence-electron chi connectivity index (χ4n) is 12.8. The average Bonchev–Trinajstić information content (AvgIpc) is 0.947. The van der Waals surface area contributed by atoms with Gasteiger partial charge in [-0.15, -0.1) is 0 Å². The number of Topliss-reactive ketones (excluding diaryl/α,β-unsaturated/α-hetero) is 2. The van der Waals surface area contributed by atoms with Crippen molar-refractivity contribution in [2.45, 2.75) is 223 Å². The molecule has 4 aliphatic rings. The maximum atomic E-state index is 13.8. The lowest BCUT2D eigenvalue weighted by molar-refractivity contribution is -0.141. The molecule has 2 aromatic rings. The molecule has 18 N–H and O–H groups in total. The van der Waals surface area contributed by atoms with Gasteiger partial charge in [-0.3, -0.25) is 86.3 Å². The molecule has 107 heavy (non-hydrogen) atoms. The van der Waals surface area contributed by atoms with E-state index in [1.54, 1.807) is 74.5 Å². The Hall–Kier alpha value is -10.7. The van der Waals surface area contributed by atoms with Crippen LogP contribution in [0.25, 0.3) is 0 Å². The molecule has 6 rings (SSSR count). The molecule has 2 saturated heterocycles. The Balaban J connectivity index is 0.000000384. The molecule has 2 heterocycles. The summed E-state index contributed by atoms with van der Waals surface area (Å²) in [4.78, 5) is 231. The molecule has 0 radical (unpaired) electrons. The molecule has 0 bridgehead atoms. The van der Waals surface area contributed by atoms with Crippen LogP contribution < -0.4 is 85.9 Å². The van der Waals surface area contributed by atoms with E-state index in [9.17, 15) is 86.3 Å². The molecule has 0 aromatic heterocycles. The highest BCUT2D eigenvalue weighted by Gasteiger charge is 2.38. The van der Waals surface area contributed by atoms with Crippen molar-refractivity contribution >= 4 is 106 Å². The molecule has 16 amide bonds. The van der Waals surface area contributed by atoms with Gasteiger partial charge in [0.25, 0.3) is 11.8 Å². The van der Waals surface area contributed by atoms with E-state index in [0.717, 1.165) is 38.5 Å². The molecule has 2 aromatic carbocycles. The number of amides is 16. The summed E-state index contributed by atoms with van der Waals surface area (Å²) in [7, 11) is 0. The number of rotatable bonds is 24. The van der Waals surface area contributed by atoms with Crippen LogP contribution in [0.4, 0.5) is 0 Å². The minimum atomic E-state index is -1.30. The predicted molar refractivity (Wildman–Crippen MR) is 386 cm³/mol. The maximum Gasteiger partial charge on any atom is 0.290 e. The van der Waals surface area contributed by atoms with Gasteiger partial charge in [-0.2, -0.15) is 0 Å². The Bertz CT molecular complexity index is 3420. The second kappa shape index (κ2) is 47.0. The number of carbonyl (C=O) groups excluding carboxylic acids is 18. The van der Waals surface area contributed by atoms with Gasteiger partial charge in [0.15, 0.2) is 0 Å². The van der Waals surface area contributed by atoms with Crippen molar-refractivity contribution in [2.24, 2.45) is 23.3 Å². The van der Waals surface area contributed by atoms with Crippen molar-refractivity contribution in [1.29, 1.82) is 0 Å². The van der Waals surface area contributed by atoms with Gasteiger partial charge in [0.05, 0.1) is 38.3 Å². The van der Waals surface area contributed by atoms with E-state index in [1.807, 2.05) is 0 Å². The lowest BCUT2D eigenvalue weighted by Crippen LogP contribution is -2.59. The van der Waals surface area contributed by atoms with E-state index in [-0.39, 0.29) is 88.1 Å². The molecule has 8 atom stereocenters. The topological polar surface area (TPSA) is 528 Å². The van der Waals surface area contributed by atoms with E-state index in [4.69, 9.17) is 11.5 Å². The molecule has 4 fully saturated rings. The third kappa shape index (κ3) is 31.5. The van der Waals surface area contributed by atoms with Crippen molar-refractivity contribution in [1.82, 2.24) is 74.4 Å². The second-order valence-electron chi connectivity index (χ2n) is 27.0. The highest BCUT2D eigenvalue weighted by Crippen LogP contribution is 2.29. The van der Waals surface area contributed by atoms with Crippen LogP contribution >= 0.6 is 0 Å². The largest absolute Gasteiger partial charge is 0.368 e. The zero-order chi connectivity index (χ0) is 78.2. The third-order valence-electron chi connectivity index (χ3n) is 18.6. The van der Waals surface area contributed by atoms with Crippen LogP contribution in [0, 0.1) is 11.8 Å². The lowest BCUT2D eigenvalue weighted by Gasteiger charge is -2.31. The smallest absolute Gasteiger partial charge is 0.290 e. The Kier molecular flexibility index (Phi) is 38.2. The van der Waals surface area contributed by atoms with Crippen molar-refractivity contribution in [3.05, 3.63) is 71.8 Å². The van der Waals surface area contributed by atoms with Crippen molar-refractivity contribution in [3.63, 3.8) is 0 Å². The number of hydrogen-bond acceptors (Lipinski definition) is 18. The van der Waals surface area contributed by atoms with Crippen molar-refractivity contribution in [2.75, 3.05) is 39.3 Å². The lowest BCUT2D eigenvalue weighted by atomic mass is 9.83. The van der Waals surface area contributed by atoms with Gasteiger partial charge in [0.2, 0.25) is 94.3 Å². The molecule has 2 unspecified atom stereocenters. The van der Waals surface area contributed by atoms with E-state index in [1.165, 1.54) is 0 Å². The predicted octanol–water partition coefficient (Wildman–Crippen LogP) is -1.52. The maximum absolute atomic E-state index is 13.8. The first-order valence-corrected chi connectivity index (χ1v) is 37.1. The molecule has 2 aliphatic heterocycles. The zero-order valence-corrected chi connectivity index (χ0v) is 61.0. The van der Waals surface area contributed by atoms with E-state index in [0.29, 0.717) is 88.3 Å². The fourth-order valence-corrected chi connectivity index (χ4v) is 12.8. The number of nitrogens with two attached hydrogens (primary N) is 2. The van der Waals surface area contributed by atoms with E-state index >= 15 is 0 Å². The zero-order valence-electron chi connectivity index (χ0n) is 61.0. The number of carbonyl (C=O) groups is 18. The summed E-state index contributed by atoms with van der Waals surface area (Å²) in [6.07, 6.45) is 11.2. The van der Waals surface area contributed by atoms with Gasteiger partial charge < -0.3 is 85.9 Å². The standard InChI is InChI=1S/C37H54N8O9.C36H52N8O9/c1-2-12-25(33(50)37(54)41-22-30(49)44-31(34(38)51)23-13-5-3-6-14-23)42-35(52)26-17-9-10-20-39-27(46)18-11-19-28(47)40-21-29(48)45-32(36(53)43-26)24-15-7-4-8-16-24;1-2-11-24(32(49)36(53)40-21-29(48)43-30(33(37)50)22-12-5-3-6-13-22)41-34(51)25-16-9-10-19-38-26(45)17-18-27(46)39-20-28(47)44-31(35(52)42-25)23-14-7-4-8-15-23/h3,5-6,13-14,24-26,31-32H,2,4,7-12,15-22H2,1H3,(H2,38,51)(H,39,46)(H,40,47)(H,41,54)(H,42,52)(H,43,53)(H,44,49)(H,45,48);3,5-6,12-13,23-25,30-31H,2,4,7-11,14-21H2,1H3,(H2,37,50)(H,38,45)(H,39,46)(H,40,53)(H,41,51)(H,42,52)(H,43,48)(H,44,47)/t25?,26-,31-,32-;24?,25-,30-,31-/m00/s1. The number of primary amides is 2. The van der Waals surface area contributed by atoms with Gasteiger partial charge in [0, 0.05) is 38.8 Å². The summed E-state index contributed by atoms with van der Waals surface area (Å²) in [5.74, 6) is -13.3. The first-order chi connectivity index (χ1) is 51.3. The summed E-state index contributed by atoms with van der Waals surface area (Å²) < 4.78 is 0. The van der Waals surface area contributed by atoms with Crippen LogP contribution in [0.2, 0.25) is 0 Å². The van der Waals surface area contributed by atoms with Gasteiger partial charge >= 0.3 is 0 Å². The summed E-state index contributed by atoms with van der Waals surface area (Å²) >= 11 is 0. The highest BCUT2D eigenvalue weighted by atomic mass is 16.2. The Morgan fingerprint density at radius 1 is 0.402 bits per heavy atom. The molecule has 2 aliphatic carbocycles. The number of benzene rings is 2. The summed E-state index contributed by atoms with van der Waals surface area (Å²) in [6, 6.07) is 7.24. The fraction of sp³-hybridized carbons (Fsp3) is 0.589. The van der Waals surface area contributed by atoms with Gasteiger partial charge in [-0.1, -0.05) is 126 Å². The third-order valence-corrected chi connectivity index (χ3v) is 18.6. The van der Waals surface area contributed by atoms with E-state index < -0.39 is 162 Å². The monoisotopic (exact) mass is 1490 g/mol. The molecule has 2 saturated carbocycles. The Morgan fingerprint density at radius 2 is 0.748 bits per heavy atom. The Morgan fingerprint density at radius 3 is 1.11 bits per heavy atom. The Labute approximate surface area is 621 Å². The summed E-state index contributed by atoms with van der Waals surface area (Å²) in [5, 5.41) is 35.9. The molecule has 34 heteroatoms. The van der Waals surface area contributed by atoms with Gasteiger partial charge in [-0.05, 0) is 106 Å². The number of hydrogen-bond donors (Lipinski definition) is 16. The molecule has 586 valence electrons. The first kappa shape index (κ1) is 86.9. The molecule has 34 nitrogen and oxygen atoms in total.